The molecule has 0 saturated heterocycles. The van der Waals surface area contributed by atoms with Gasteiger partial charge < -0.3 is 24.2 Å². The Kier molecular flexibility index (Phi) is 13.0. The van der Waals surface area contributed by atoms with Gasteiger partial charge in [0.1, 0.15) is 18.1 Å². The lowest BCUT2D eigenvalue weighted by Crippen LogP contribution is -2.37. The van der Waals surface area contributed by atoms with Gasteiger partial charge in [0.25, 0.3) is 0 Å². The van der Waals surface area contributed by atoms with Crippen LogP contribution in [0.1, 0.15) is 42.0 Å². The highest BCUT2D eigenvalue weighted by Gasteiger charge is 2.19. The van der Waals surface area contributed by atoms with Crippen LogP contribution >= 0.6 is 11.8 Å². The average molecular weight is 580 g/mol. The highest BCUT2D eigenvalue weighted by Crippen LogP contribution is 2.24. The fourth-order valence-corrected chi connectivity index (χ4v) is 5.17. The fourth-order valence-electron chi connectivity index (χ4n) is 4.24. The number of benzene rings is 3. The van der Waals surface area contributed by atoms with E-state index >= 15 is 0 Å². The van der Waals surface area contributed by atoms with Crippen LogP contribution in [-0.2, 0) is 16.0 Å². The van der Waals surface area contributed by atoms with E-state index < -0.39 is 12.1 Å². The first-order valence-corrected chi connectivity index (χ1v) is 15.0. The van der Waals surface area contributed by atoms with Gasteiger partial charge in [-0.2, -0.15) is 0 Å². The van der Waals surface area contributed by atoms with Crippen molar-refractivity contribution in [2.45, 2.75) is 58.0 Å². The Labute approximate surface area is 247 Å². The van der Waals surface area contributed by atoms with Crippen molar-refractivity contribution in [2.24, 2.45) is 0 Å². The molecular weight excluding hydrogens is 538 g/mol. The zero-order valence-corrected chi connectivity index (χ0v) is 25.2. The number of amides is 1. The van der Waals surface area contributed by atoms with Crippen molar-refractivity contribution in [1.29, 1.82) is 0 Å². The van der Waals surface area contributed by atoms with Crippen LogP contribution in [0.3, 0.4) is 0 Å². The zero-order valence-electron chi connectivity index (χ0n) is 24.4. The van der Waals surface area contributed by atoms with Crippen molar-refractivity contribution in [3.63, 3.8) is 0 Å². The van der Waals surface area contributed by atoms with Gasteiger partial charge in [0.2, 0.25) is 0 Å². The minimum atomic E-state index is -0.978. The summed E-state index contributed by atoms with van der Waals surface area (Å²) < 4.78 is 17.1. The molecule has 0 spiro atoms. The van der Waals surface area contributed by atoms with Gasteiger partial charge >= 0.3 is 12.1 Å². The molecule has 0 heterocycles. The Hall–Kier alpha value is -3.49. The van der Waals surface area contributed by atoms with Gasteiger partial charge in [-0.25, -0.2) is 9.59 Å². The van der Waals surface area contributed by atoms with Crippen LogP contribution in [0.4, 0.5) is 4.79 Å². The summed E-state index contributed by atoms with van der Waals surface area (Å²) in [5.74, 6) is 1.22. The molecule has 3 aromatic carbocycles. The van der Waals surface area contributed by atoms with Crippen molar-refractivity contribution in [1.82, 2.24) is 4.90 Å². The largest absolute Gasteiger partial charge is 0.492 e. The Balaban J connectivity index is 1.56. The number of hydrogen-bond donors (Lipinski definition) is 1. The normalized spacial score (nSPS) is 11.6. The summed E-state index contributed by atoms with van der Waals surface area (Å²) >= 11 is 1.81. The number of hydrogen-bond acceptors (Lipinski definition) is 6. The molecule has 41 heavy (non-hydrogen) atoms. The SMILES string of the molecule is CCOC(Cc1ccc(OCCN(CCCCSc2ccccc2)C(=O)Oc2cc(C)c(C)cc2C)cc1)C(=O)O. The second kappa shape index (κ2) is 16.7. The number of ether oxygens (including phenoxy) is 3. The van der Waals surface area contributed by atoms with Crippen molar-refractivity contribution in [2.75, 3.05) is 32.1 Å². The van der Waals surface area contributed by atoms with Crippen LogP contribution < -0.4 is 9.47 Å². The predicted molar refractivity (Wildman–Crippen MR) is 163 cm³/mol. The van der Waals surface area contributed by atoms with Crippen molar-refractivity contribution >= 4 is 23.8 Å². The molecule has 1 N–H and O–H groups in total. The van der Waals surface area contributed by atoms with Crippen molar-refractivity contribution in [3.8, 4) is 11.5 Å². The summed E-state index contributed by atoms with van der Waals surface area (Å²) in [6.45, 7) is 9.35. The van der Waals surface area contributed by atoms with E-state index in [4.69, 9.17) is 14.2 Å². The lowest BCUT2D eigenvalue weighted by atomic mass is 10.1. The molecule has 0 aliphatic rings. The van der Waals surface area contributed by atoms with Gasteiger partial charge in [0.15, 0.2) is 6.10 Å². The molecule has 1 amide bonds. The van der Waals surface area contributed by atoms with Crippen LogP contribution in [0, 0.1) is 20.8 Å². The topological polar surface area (TPSA) is 85.3 Å². The van der Waals surface area contributed by atoms with E-state index in [-0.39, 0.29) is 12.5 Å². The number of aryl methyl sites for hydroxylation is 3. The first-order valence-electron chi connectivity index (χ1n) is 14.1. The number of rotatable bonds is 16. The molecule has 3 aromatic rings. The molecule has 220 valence electrons. The maximum atomic E-state index is 13.2. The smallest absolute Gasteiger partial charge is 0.415 e. The third-order valence-electron chi connectivity index (χ3n) is 6.70. The maximum absolute atomic E-state index is 13.2. The summed E-state index contributed by atoms with van der Waals surface area (Å²) in [5, 5.41) is 9.32. The van der Waals surface area contributed by atoms with Crippen LogP contribution in [0.15, 0.2) is 71.6 Å². The predicted octanol–water partition coefficient (Wildman–Crippen LogP) is 7.10. The van der Waals surface area contributed by atoms with E-state index in [0.29, 0.717) is 37.8 Å². The number of aliphatic carboxylic acids is 1. The van der Waals surface area contributed by atoms with E-state index in [2.05, 4.69) is 12.1 Å². The van der Waals surface area contributed by atoms with E-state index in [1.165, 1.54) is 4.90 Å². The second-order valence-corrected chi connectivity index (χ2v) is 11.1. The maximum Gasteiger partial charge on any atom is 0.415 e. The molecule has 0 aromatic heterocycles. The van der Waals surface area contributed by atoms with Gasteiger partial charge in [0, 0.05) is 24.5 Å². The minimum Gasteiger partial charge on any atom is -0.492 e. The Morgan fingerprint density at radius 1 is 0.902 bits per heavy atom. The van der Waals surface area contributed by atoms with Gasteiger partial charge in [-0.05, 0) is 98.9 Å². The molecule has 0 bridgehead atoms. The summed E-state index contributed by atoms with van der Waals surface area (Å²) in [7, 11) is 0. The molecule has 0 aliphatic carbocycles. The summed E-state index contributed by atoms with van der Waals surface area (Å²) in [6.07, 6.45) is 0.830. The van der Waals surface area contributed by atoms with E-state index in [1.807, 2.05) is 87.1 Å². The van der Waals surface area contributed by atoms with Gasteiger partial charge in [0.05, 0.1) is 6.54 Å². The highest BCUT2D eigenvalue weighted by molar-refractivity contribution is 7.99. The molecule has 1 unspecified atom stereocenters. The lowest BCUT2D eigenvalue weighted by Gasteiger charge is -2.23. The fraction of sp³-hybridized carbons (Fsp3) is 0.394. The van der Waals surface area contributed by atoms with Crippen molar-refractivity contribution in [3.05, 3.63) is 89.0 Å². The summed E-state index contributed by atoms with van der Waals surface area (Å²) in [5.41, 5.74) is 4.00. The average Bonchev–Trinajstić information content (AvgIpc) is 2.95. The van der Waals surface area contributed by atoms with E-state index in [0.717, 1.165) is 40.8 Å². The lowest BCUT2D eigenvalue weighted by molar-refractivity contribution is -0.149. The molecule has 8 heteroatoms. The third-order valence-corrected chi connectivity index (χ3v) is 7.80. The number of nitrogens with zero attached hydrogens (tertiary/aromatic N) is 1. The van der Waals surface area contributed by atoms with Crippen LogP contribution in [0.25, 0.3) is 0 Å². The number of thioether (sulfide) groups is 1. The quantitative estimate of drug-likeness (QED) is 0.143. The Bertz CT molecular complexity index is 1250. The number of carboxylic acid groups (broad SMARTS) is 1. The van der Waals surface area contributed by atoms with E-state index in [9.17, 15) is 14.7 Å². The molecule has 0 aliphatic heterocycles. The van der Waals surface area contributed by atoms with E-state index in [1.54, 1.807) is 11.8 Å². The number of unbranched alkanes of at least 4 members (excludes halogenated alkanes) is 1. The molecule has 0 saturated carbocycles. The third kappa shape index (κ3) is 10.8. The number of carboxylic acids is 1. The number of carbonyl (C=O) groups excluding carboxylic acids is 1. The molecule has 7 nitrogen and oxygen atoms in total. The number of carbonyl (C=O) groups is 2. The monoisotopic (exact) mass is 579 g/mol. The molecular formula is C33H41NO6S. The molecule has 0 fully saturated rings. The van der Waals surface area contributed by atoms with Crippen LogP contribution in [0.5, 0.6) is 11.5 Å². The molecule has 0 radical (unpaired) electrons. The van der Waals surface area contributed by atoms with Gasteiger partial charge in [-0.3, -0.25) is 0 Å². The zero-order chi connectivity index (χ0) is 29.6. The minimum absolute atomic E-state index is 0.281. The van der Waals surface area contributed by atoms with Gasteiger partial charge in [-0.15, -0.1) is 11.8 Å². The highest BCUT2D eigenvalue weighted by atomic mass is 32.2. The second-order valence-electron chi connectivity index (χ2n) is 9.90. The summed E-state index contributed by atoms with van der Waals surface area (Å²) in [4.78, 5) is 27.5. The standard InChI is InChI=1S/C33H41NO6S/c1-5-38-31(32(35)36)23-27-13-15-28(16-14-27)39-19-18-34(17-9-10-20-41-29-11-7-6-8-12-29)33(37)40-30-22-25(3)24(2)21-26(30)4/h6-8,11-16,21-22,31H,5,9-10,17-20,23H2,1-4H3,(H,35,36). The van der Waals surface area contributed by atoms with Gasteiger partial charge in [-0.1, -0.05) is 36.4 Å². The Morgan fingerprint density at radius 2 is 1.61 bits per heavy atom. The van der Waals surface area contributed by atoms with Crippen LogP contribution in [-0.4, -0.2) is 60.2 Å². The molecule has 1 atom stereocenters. The Morgan fingerprint density at radius 3 is 2.29 bits per heavy atom. The van der Waals surface area contributed by atoms with Crippen molar-refractivity contribution < 1.29 is 28.9 Å². The van der Waals surface area contributed by atoms with Crippen LogP contribution in [0.2, 0.25) is 0 Å². The molecule has 3 rings (SSSR count). The first-order chi connectivity index (χ1) is 19.8. The first kappa shape index (κ1) is 32.0. The summed E-state index contributed by atoms with van der Waals surface area (Å²) in [6, 6.07) is 21.5.